The van der Waals surface area contributed by atoms with Crippen LogP contribution in [-0.4, -0.2) is 53.5 Å². The van der Waals surface area contributed by atoms with E-state index < -0.39 is 14.9 Å². The molecule has 0 spiro atoms. The molecule has 2 heterocycles. The van der Waals surface area contributed by atoms with Crippen molar-refractivity contribution in [3.8, 4) is 5.75 Å². The summed E-state index contributed by atoms with van der Waals surface area (Å²) in [6.45, 7) is 4.07. The summed E-state index contributed by atoms with van der Waals surface area (Å²) in [4.78, 5) is 15.2. The predicted molar refractivity (Wildman–Crippen MR) is 112 cm³/mol. The Morgan fingerprint density at radius 1 is 1.19 bits per heavy atom. The maximum atomic E-state index is 12.9. The Bertz CT molecular complexity index is 1220. The molecule has 2 aromatic carbocycles. The van der Waals surface area contributed by atoms with Crippen LogP contribution in [0.1, 0.15) is 12.7 Å². The highest BCUT2D eigenvalue weighted by molar-refractivity contribution is 7.89. The zero-order valence-electron chi connectivity index (χ0n) is 16.9. The molecular formula is C20H22N4O6S. The fourth-order valence-corrected chi connectivity index (χ4v) is 4.98. The summed E-state index contributed by atoms with van der Waals surface area (Å²) in [5, 5.41) is 10.9. The second kappa shape index (κ2) is 8.61. The van der Waals surface area contributed by atoms with Gasteiger partial charge in [0.2, 0.25) is 10.0 Å². The standard InChI is InChI=1S/C20H22N4O6S/c1-2-23-19-7-6-17(31(27,28)22-8-10-29-11-9-22)13-18(19)21-20(23)14-30-16-5-3-4-15(12-16)24(25)26/h3-7,12-13H,2,8-11,14H2,1H3. The van der Waals surface area contributed by atoms with Crippen molar-refractivity contribution in [2.24, 2.45) is 0 Å². The quantitative estimate of drug-likeness (QED) is 0.404. The highest BCUT2D eigenvalue weighted by atomic mass is 32.2. The van der Waals surface area contributed by atoms with Crippen molar-refractivity contribution in [3.63, 3.8) is 0 Å². The van der Waals surface area contributed by atoms with E-state index in [1.54, 1.807) is 30.3 Å². The third-order valence-electron chi connectivity index (χ3n) is 5.12. The number of nitrogens with zero attached hydrogens (tertiary/aromatic N) is 4. The van der Waals surface area contributed by atoms with Gasteiger partial charge in [-0.1, -0.05) is 6.07 Å². The first-order valence-corrected chi connectivity index (χ1v) is 11.3. The van der Waals surface area contributed by atoms with Crippen molar-refractivity contribution >= 4 is 26.7 Å². The van der Waals surface area contributed by atoms with Crippen LogP contribution in [0.15, 0.2) is 47.4 Å². The number of fused-ring (bicyclic) bond motifs is 1. The van der Waals surface area contributed by atoms with Crippen LogP contribution < -0.4 is 4.74 Å². The van der Waals surface area contributed by atoms with Crippen LogP contribution in [0.5, 0.6) is 5.75 Å². The van der Waals surface area contributed by atoms with Gasteiger partial charge >= 0.3 is 0 Å². The highest BCUT2D eigenvalue weighted by Crippen LogP contribution is 2.25. The average Bonchev–Trinajstić information content (AvgIpc) is 3.15. The van der Waals surface area contributed by atoms with E-state index in [1.807, 2.05) is 11.5 Å². The van der Waals surface area contributed by atoms with Gasteiger partial charge in [0.15, 0.2) is 0 Å². The molecule has 4 rings (SSSR count). The minimum Gasteiger partial charge on any atom is -0.485 e. The minimum absolute atomic E-state index is 0.0561. The fourth-order valence-electron chi connectivity index (χ4n) is 3.55. The summed E-state index contributed by atoms with van der Waals surface area (Å²) < 4.78 is 40.2. The maximum Gasteiger partial charge on any atom is 0.273 e. The van der Waals surface area contributed by atoms with Crippen LogP contribution >= 0.6 is 0 Å². The van der Waals surface area contributed by atoms with Gasteiger partial charge in [0.05, 0.1) is 40.1 Å². The van der Waals surface area contributed by atoms with Crippen LogP contribution in [-0.2, 0) is 27.9 Å². The molecule has 11 heteroatoms. The third-order valence-corrected chi connectivity index (χ3v) is 7.01. The lowest BCUT2D eigenvalue weighted by molar-refractivity contribution is -0.384. The molecule has 0 aliphatic carbocycles. The van der Waals surface area contributed by atoms with E-state index in [2.05, 4.69) is 4.98 Å². The van der Waals surface area contributed by atoms with Crippen molar-refractivity contribution in [1.29, 1.82) is 0 Å². The first-order chi connectivity index (χ1) is 14.9. The monoisotopic (exact) mass is 446 g/mol. The molecule has 0 radical (unpaired) electrons. The van der Waals surface area contributed by atoms with E-state index >= 15 is 0 Å². The summed E-state index contributed by atoms with van der Waals surface area (Å²) in [7, 11) is -3.62. The fraction of sp³-hybridized carbons (Fsp3) is 0.350. The summed E-state index contributed by atoms with van der Waals surface area (Å²) in [6.07, 6.45) is 0. The SMILES string of the molecule is CCn1c(COc2cccc([N+](=O)[O-])c2)nc2cc(S(=O)(=O)N3CCOCC3)ccc21. The lowest BCUT2D eigenvalue weighted by Crippen LogP contribution is -2.40. The van der Waals surface area contributed by atoms with Crippen LogP contribution in [0.4, 0.5) is 5.69 Å². The van der Waals surface area contributed by atoms with Crippen molar-refractivity contribution in [2.75, 3.05) is 26.3 Å². The topological polar surface area (TPSA) is 117 Å². The van der Waals surface area contributed by atoms with E-state index in [9.17, 15) is 18.5 Å². The molecule has 0 unspecified atom stereocenters. The minimum atomic E-state index is -3.62. The van der Waals surface area contributed by atoms with Gasteiger partial charge in [0.1, 0.15) is 18.2 Å². The smallest absolute Gasteiger partial charge is 0.273 e. The number of benzene rings is 2. The maximum absolute atomic E-state index is 12.9. The van der Waals surface area contributed by atoms with Crippen molar-refractivity contribution in [3.05, 3.63) is 58.4 Å². The van der Waals surface area contributed by atoms with Gasteiger partial charge in [0, 0.05) is 25.7 Å². The van der Waals surface area contributed by atoms with Gasteiger partial charge in [-0.05, 0) is 31.2 Å². The van der Waals surface area contributed by atoms with E-state index in [0.29, 0.717) is 49.9 Å². The lowest BCUT2D eigenvalue weighted by atomic mass is 10.3. The van der Waals surface area contributed by atoms with Gasteiger partial charge in [-0.15, -0.1) is 0 Å². The van der Waals surface area contributed by atoms with Crippen molar-refractivity contribution in [1.82, 2.24) is 13.9 Å². The number of hydrogen-bond donors (Lipinski definition) is 0. The molecule has 0 atom stereocenters. The summed E-state index contributed by atoms with van der Waals surface area (Å²) in [5.41, 5.74) is 1.29. The zero-order valence-corrected chi connectivity index (χ0v) is 17.7. The van der Waals surface area contributed by atoms with E-state index in [0.717, 1.165) is 5.52 Å². The Kier molecular flexibility index (Phi) is 5.90. The van der Waals surface area contributed by atoms with Crippen LogP contribution in [0, 0.1) is 10.1 Å². The number of hydrogen-bond acceptors (Lipinski definition) is 7. The molecule has 1 aliphatic heterocycles. The number of ether oxygens (including phenoxy) is 2. The van der Waals surface area contributed by atoms with Crippen LogP contribution in [0.2, 0.25) is 0 Å². The number of nitro benzene ring substituents is 1. The molecule has 1 fully saturated rings. The van der Waals surface area contributed by atoms with E-state index in [-0.39, 0.29) is 17.2 Å². The average molecular weight is 446 g/mol. The first-order valence-electron chi connectivity index (χ1n) is 9.84. The number of sulfonamides is 1. The Morgan fingerprint density at radius 2 is 1.97 bits per heavy atom. The molecule has 0 N–H and O–H groups in total. The Labute approximate surface area is 179 Å². The molecule has 1 aliphatic rings. The molecule has 3 aromatic rings. The van der Waals surface area contributed by atoms with E-state index in [4.69, 9.17) is 9.47 Å². The zero-order chi connectivity index (χ0) is 22.0. The number of rotatable bonds is 7. The Balaban J connectivity index is 1.61. The number of nitro groups is 1. The number of morpholine rings is 1. The number of aryl methyl sites for hydroxylation is 1. The summed E-state index contributed by atoms with van der Waals surface area (Å²) >= 11 is 0. The lowest BCUT2D eigenvalue weighted by Gasteiger charge is -2.26. The van der Waals surface area contributed by atoms with Gasteiger partial charge in [-0.25, -0.2) is 13.4 Å². The summed E-state index contributed by atoms with van der Waals surface area (Å²) in [6, 6.07) is 10.8. The molecular weight excluding hydrogens is 424 g/mol. The highest BCUT2D eigenvalue weighted by Gasteiger charge is 2.27. The van der Waals surface area contributed by atoms with Crippen molar-refractivity contribution in [2.45, 2.75) is 25.0 Å². The van der Waals surface area contributed by atoms with Crippen LogP contribution in [0.25, 0.3) is 11.0 Å². The molecule has 0 amide bonds. The summed E-state index contributed by atoms with van der Waals surface area (Å²) in [5.74, 6) is 0.962. The first kappa shape index (κ1) is 21.2. The Hall–Kier alpha value is -3.02. The van der Waals surface area contributed by atoms with Gasteiger partial charge in [-0.3, -0.25) is 10.1 Å². The Morgan fingerprint density at radius 3 is 2.68 bits per heavy atom. The van der Waals surface area contributed by atoms with Crippen molar-refractivity contribution < 1.29 is 22.8 Å². The molecule has 1 aromatic heterocycles. The van der Waals surface area contributed by atoms with E-state index in [1.165, 1.54) is 16.4 Å². The molecule has 0 bridgehead atoms. The number of non-ortho nitro benzene ring substituents is 1. The largest absolute Gasteiger partial charge is 0.485 e. The predicted octanol–water partition coefficient (Wildman–Crippen LogP) is 2.56. The normalized spacial score (nSPS) is 15.3. The molecule has 1 saturated heterocycles. The molecule has 10 nitrogen and oxygen atoms in total. The number of aromatic nitrogens is 2. The van der Waals surface area contributed by atoms with Gasteiger partial charge < -0.3 is 14.0 Å². The molecule has 0 saturated carbocycles. The van der Waals surface area contributed by atoms with Gasteiger partial charge in [0.25, 0.3) is 5.69 Å². The molecule has 31 heavy (non-hydrogen) atoms. The van der Waals surface area contributed by atoms with Crippen LogP contribution in [0.3, 0.4) is 0 Å². The second-order valence-electron chi connectivity index (χ2n) is 6.98. The van der Waals surface area contributed by atoms with Gasteiger partial charge in [-0.2, -0.15) is 4.31 Å². The molecule has 164 valence electrons. The second-order valence-corrected chi connectivity index (χ2v) is 8.92. The number of imidazole rings is 1. The third kappa shape index (κ3) is 4.24.